The van der Waals surface area contributed by atoms with E-state index in [9.17, 15) is 31.2 Å². The molecular weight excluding hydrogens is 596 g/mol. The van der Waals surface area contributed by atoms with Crippen molar-refractivity contribution in [2.24, 2.45) is 4.99 Å². The van der Waals surface area contributed by atoms with Crippen LogP contribution in [-0.4, -0.2) is 44.3 Å². The summed E-state index contributed by atoms with van der Waals surface area (Å²) in [6, 6.07) is 8.99. The van der Waals surface area contributed by atoms with Crippen LogP contribution in [0.5, 0.6) is 0 Å². The molecule has 0 unspecified atom stereocenters. The Morgan fingerprint density at radius 1 is 1.12 bits per heavy atom. The van der Waals surface area contributed by atoms with Gasteiger partial charge in [-0.3, -0.25) is 14.1 Å². The van der Waals surface area contributed by atoms with Crippen LogP contribution in [0, 0.1) is 0 Å². The van der Waals surface area contributed by atoms with Gasteiger partial charge in [0, 0.05) is 6.42 Å². The first-order valence-electron chi connectivity index (χ1n) is 11.5. The molecule has 210 valence electrons. The van der Waals surface area contributed by atoms with Crippen LogP contribution in [0.15, 0.2) is 64.6 Å². The molecular formula is C25H19Cl2F3N4O5S. The molecule has 1 N–H and O–H groups in total. The summed E-state index contributed by atoms with van der Waals surface area (Å²) in [5, 5.41) is 2.69. The number of rotatable bonds is 5. The first-order chi connectivity index (χ1) is 18.8. The largest absolute Gasteiger partial charge is 0.448 e. The number of pyridine rings is 1. The molecule has 0 spiro atoms. The van der Waals surface area contributed by atoms with Gasteiger partial charge < -0.3 is 10.1 Å². The van der Waals surface area contributed by atoms with Crippen molar-refractivity contribution >= 4 is 62.3 Å². The smallest absolute Gasteiger partial charge is 0.433 e. The number of hydrogen-bond acceptors (Lipinski definition) is 6. The van der Waals surface area contributed by atoms with Crippen LogP contribution in [0.25, 0.3) is 0 Å². The first kappa shape index (κ1) is 29.3. The van der Waals surface area contributed by atoms with E-state index in [4.69, 9.17) is 27.9 Å². The Hall–Kier alpha value is -3.68. The molecule has 3 aromatic rings. The van der Waals surface area contributed by atoms with Crippen molar-refractivity contribution in [2.45, 2.75) is 24.4 Å². The summed E-state index contributed by atoms with van der Waals surface area (Å²) >= 11 is 12.2. The number of fused-ring (bicyclic) bond motifs is 1. The van der Waals surface area contributed by atoms with E-state index in [2.05, 4.69) is 15.3 Å². The monoisotopic (exact) mass is 614 g/mol. The van der Waals surface area contributed by atoms with E-state index in [-0.39, 0.29) is 51.4 Å². The van der Waals surface area contributed by atoms with E-state index >= 15 is 0 Å². The van der Waals surface area contributed by atoms with Crippen LogP contribution >= 0.6 is 23.2 Å². The predicted molar refractivity (Wildman–Crippen MR) is 143 cm³/mol. The minimum Gasteiger partial charge on any atom is -0.448 e. The second-order valence-electron chi connectivity index (χ2n) is 8.33. The number of sulfonamides is 1. The zero-order chi connectivity index (χ0) is 29.2. The normalized spacial score (nSPS) is 14.6. The molecule has 0 aliphatic carbocycles. The van der Waals surface area contributed by atoms with Gasteiger partial charge in [-0.1, -0.05) is 35.3 Å². The van der Waals surface area contributed by atoms with Gasteiger partial charge in [-0.15, -0.1) is 0 Å². The maximum Gasteiger partial charge on any atom is 0.433 e. The number of carbonyl (C=O) groups excluding carboxylic acids is 2. The Morgan fingerprint density at radius 2 is 1.80 bits per heavy atom. The quantitative estimate of drug-likeness (QED) is 0.376. The third-order valence-corrected chi connectivity index (χ3v) is 8.01. The van der Waals surface area contributed by atoms with Crippen molar-refractivity contribution in [2.75, 3.05) is 22.8 Å². The van der Waals surface area contributed by atoms with E-state index in [1.165, 1.54) is 24.4 Å². The Labute approximate surface area is 236 Å². The number of hydrogen-bond donors (Lipinski definition) is 1. The van der Waals surface area contributed by atoms with Crippen molar-refractivity contribution in [1.82, 2.24) is 4.98 Å². The fourth-order valence-electron chi connectivity index (χ4n) is 3.84. The lowest BCUT2D eigenvalue weighted by molar-refractivity contribution is -0.137. The molecule has 1 aliphatic heterocycles. The van der Waals surface area contributed by atoms with E-state index < -0.39 is 45.2 Å². The summed E-state index contributed by atoms with van der Waals surface area (Å²) in [5.74, 6) is -0.704. The lowest BCUT2D eigenvalue weighted by Gasteiger charge is -2.31. The maximum absolute atomic E-state index is 13.7. The number of nitrogens with one attached hydrogen (secondary N) is 1. The average Bonchev–Trinajstić information content (AvgIpc) is 2.88. The van der Waals surface area contributed by atoms with Crippen LogP contribution in [0.4, 0.5) is 29.3 Å². The minimum absolute atomic E-state index is 0.0230. The topological polar surface area (TPSA) is 118 Å². The maximum atomic E-state index is 13.7. The first-order valence-corrected chi connectivity index (χ1v) is 13.7. The van der Waals surface area contributed by atoms with Crippen LogP contribution in [-0.2, 0) is 27.4 Å². The number of ether oxygens (including phenoxy) is 1. The highest BCUT2D eigenvalue weighted by Crippen LogP contribution is 2.35. The number of nitrogens with zero attached hydrogens (tertiary/aromatic N) is 3. The third-order valence-electron chi connectivity index (χ3n) is 5.63. The second kappa shape index (κ2) is 11.4. The van der Waals surface area contributed by atoms with E-state index in [0.29, 0.717) is 6.07 Å². The fourth-order valence-corrected chi connectivity index (χ4v) is 5.93. The molecule has 4 rings (SSSR count). The molecule has 0 atom stereocenters. The number of amides is 2. The third kappa shape index (κ3) is 6.21. The van der Waals surface area contributed by atoms with Crippen LogP contribution in [0.2, 0.25) is 10.0 Å². The molecule has 0 fully saturated rings. The SMILES string of the molecule is CCOC(=O)N=C1Cc2ncc(NC(=O)c3c(Cl)cccc3Cl)cc2N(S(=O)(=O)c2cccc(C(F)(F)F)c2)C1. The Bertz CT molecular complexity index is 1610. The minimum atomic E-state index is -4.79. The molecule has 0 saturated heterocycles. The van der Waals surface area contributed by atoms with Gasteiger partial charge in [-0.25, -0.2) is 13.2 Å². The van der Waals surface area contributed by atoms with Crippen molar-refractivity contribution in [3.63, 3.8) is 0 Å². The molecule has 2 heterocycles. The van der Waals surface area contributed by atoms with Crippen molar-refractivity contribution < 1.29 is 35.9 Å². The van der Waals surface area contributed by atoms with Crippen molar-refractivity contribution in [1.29, 1.82) is 0 Å². The van der Waals surface area contributed by atoms with Gasteiger partial charge in [-0.05, 0) is 43.3 Å². The highest BCUT2D eigenvalue weighted by atomic mass is 35.5. The van der Waals surface area contributed by atoms with Gasteiger partial charge in [-0.2, -0.15) is 18.2 Å². The van der Waals surface area contributed by atoms with Crippen LogP contribution < -0.4 is 9.62 Å². The Morgan fingerprint density at radius 3 is 2.45 bits per heavy atom. The van der Waals surface area contributed by atoms with Gasteiger partial charge in [0.15, 0.2) is 0 Å². The second-order valence-corrected chi connectivity index (χ2v) is 11.0. The molecule has 0 bridgehead atoms. The number of benzene rings is 2. The summed E-state index contributed by atoms with van der Waals surface area (Å²) in [6.45, 7) is 1.10. The van der Waals surface area contributed by atoms with Gasteiger partial charge in [0.25, 0.3) is 15.9 Å². The lowest BCUT2D eigenvalue weighted by atomic mass is 10.1. The number of anilines is 2. The van der Waals surface area contributed by atoms with E-state index in [0.717, 1.165) is 22.5 Å². The number of halogens is 5. The highest BCUT2D eigenvalue weighted by Gasteiger charge is 2.36. The lowest BCUT2D eigenvalue weighted by Crippen LogP contribution is -2.41. The zero-order valence-corrected chi connectivity index (χ0v) is 22.8. The van der Waals surface area contributed by atoms with Crippen molar-refractivity contribution in [3.8, 4) is 0 Å². The summed E-state index contributed by atoms with van der Waals surface area (Å²) in [6.07, 6.45) is -4.57. The van der Waals surface area contributed by atoms with Crippen LogP contribution in [0.1, 0.15) is 28.5 Å². The Balaban J connectivity index is 1.78. The van der Waals surface area contributed by atoms with Gasteiger partial charge >= 0.3 is 12.3 Å². The number of aromatic nitrogens is 1. The number of aliphatic imine (C=N–C) groups is 1. The Kier molecular flexibility index (Phi) is 8.38. The molecule has 40 heavy (non-hydrogen) atoms. The average molecular weight is 615 g/mol. The van der Waals surface area contributed by atoms with Gasteiger partial charge in [0.05, 0.1) is 68.2 Å². The molecule has 0 radical (unpaired) electrons. The summed E-state index contributed by atoms with van der Waals surface area (Å²) in [4.78, 5) is 32.2. The highest BCUT2D eigenvalue weighted by molar-refractivity contribution is 7.92. The molecule has 2 amide bonds. The molecule has 0 saturated carbocycles. The summed E-state index contributed by atoms with van der Waals surface area (Å²) in [7, 11) is -4.64. The molecule has 1 aromatic heterocycles. The predicted octanol–water partition coefficient (Wildman–Crippen LogP) is 6.01. The molecule has 9 nitrogen and oxygen atoms in total. The zero-order valence-electron chi connectivity index (χ0n) is 20.5. The molecule has 1 aliphatic rings. The van der Waals surface area contributed by atoms with Gasteiger partial charge in [0.2, 0.25) is 0 Å². The fraction of sp³-hybridized carbons (Fsp3) is 0.200. The van der Waals surface area contributed by atoms with Crippen LogP contribution in [0.3, 0.4) is 0 Å². The number of carbonyl (C=O) groups is 2. The molecule has 2 aromatic carbocycles. The van der Waals surface area contributed by atoms with E-state index in [1.54, 1.807) is 13.0 Å². The van der Waals surface area contributed by atoms with Gasteiger partial charge in [0.1, 0.15) is 0 Å². The van der Waals surface area contributed by atoms with Crippen molar-refractivity contribution in [3.05, 3.63) is 81.6 Å². The summed E-state index contributed by atoms with van der Waals surface area (Å²) < 4.78 is 72.9. The number of alkyl halides is 3. The standard InChI is InChI=1S/C25H19Cl2F3N4O5S/c1-2-39-24(36)33-16-10-20-21(11-15(12-31-20)32-23(35)22-18(26)7-4-8-19(22)27)34(13-16)40(37,38)17-6-3-5-14(9-17)25(28,29)30/h3-9,11-12H,2,10,13H2,1H3,(H,32,35). The molecule has 15 heteroatoms. The van der Waals surface area contributed by atoms with E-state index in [1.807, 2.05) is 0 Å². The summed E-state index contributed by atoms with van der Waals surface area (Å²) in [5.41, 5.74) is -0.992.